The van der Waals surface area contributed by atoms with Crippen molar-refractivity contribution >= 4 is 23.1 Å². The van der Waals surface area contributed by atoms with Gasteiger partial charge < -0.3 is 14.6 Å². The monoisotopic (exact) mass is 485 g/mol. The maximum atomic E-state index is 13.4. The Morgan fingerprint density at radius 3 is 2.33 bits per heavy atom. The van der Waals surface area contributed by atoms with E-state index < -0.39 is 17.7 Å². The number of aliphatic hydroxyl groups excluding tert-OH is 1. The maximum absolute atomic E-state index is 13.4. The van der Waals surface area contributed by atoms with E-state index in [0.29, 0.717) is 40.8 Å². The van der Waals surface area contributed by atoms with Crippen molar-refractivity contribution in [1.82, 2.24) is 0 Å². The van der Waals surface area contributed by atoms with Crippen molar-refractivity contribution in [1.29, 1.82) is 0 Å². The summed E-state index contributed by atoms with van der Waals surface area (Å²) in [6, 6.07) is 19.0. The molecule has 1 aliphatic heterocycles. The number of aliphatic hydroxyl groups is 1. The summed E-state index contributed by atoms with van der Waals surface area (Å²) in [5.41, 5.74) is 3.66. The van der Waals surface area contributed by atoms with E-state index in [9.17, 15) is 14.7 Å². The number of hydrogen-bond acceptors (Lipinski definition) is 5. The molecule has 36 heavy (non-hydrogen) atoms. The Morgan fingerprint density at radius 1 is 0.972 bits per heavy atom. The predicted molar refractivity (Wildman–Crippen MR) is 140 cm³/mol. The molecule has 0 aromatic heterocycles. The average molecular weight is 486 g/mol. The van der Waals surface area contributed by atoms with Crippen molar-refractivity contribution in [2.24, 2.45) is 5.92 Å². The van der Waals surface area contributed by atoms with Gasteiger partial charge in [0.25, 0.3) is 11.7 Å². The average Bonchev–Trinajstić information content (AvgIpc) is 3.12. The Labute approximate surface area is 211 Å². The molecule has 3 aromatic carbocycles. The third kappa shape index (κ3) is 4.85. The number of methoxy groups -OCH3 is 1. The Kier molecular flexibility index (Phi) is 7.15. The number of amides is 1. The number of benzene rings is 3. The van der Waals surface area contributed by atoms with Gasteiger partial charge in [-0.05, 0) is 61.2 Å². The number of hydrogen-bond donors (Lipinski definition) is 1. The molecule has 0 aliphatic carbocycles. The fourth-order valence-corrected chi connectivity index (χ4v) is 4.41. The molecule has 6 nitrogen and oxygen atoms in total. The van der Waals surface area contributed by atoms with Crippen LogP contribution in [0.5, 0.6) is 11.5 Å². The molecule has 1 atom stereocenters. The van der Waals surface area contributed by atoms with Gasteiger partial charge in [0, 0.05) is 11.3 Å². The summed E-state index contributed by atoms with van der Waals surface area (Å²) in [6.07, 6.45) is 0. The minimum absolute atomic E-state index is 0.0335. The van der Waals surface area contributed by atoms with E-state index in [0.717, 1.165) is 11.1 Å². The van der Waals surface area contributed by atoms with Crippen LogP contribution in [0, 0.1) is 19.8 Å². The van der Waals surface area contributed by atoms with Crippen LogP contribution in [0.25, 0.3) is 5.76 Å². The summed E-state index contributed by atoms with van der Waals surface area (Å²) in [5, 5.41) is 11.4. The molecule has 1 aliphatic rings. The highest BCUT2D eigenvalue weighted by Gasteiger charge is 2.47. The van der Waals surface area contributed by atoms with Gasteiger partial charge >= 0.3 is 0 Å². The first kappa shape index (κ1) is 25.0. The van der Waals surface area contributed by atoms with Crippen LogP contribution in [0.15, 0.2) is 72.3 Å². The second-order valence-corrected chi connectivity index (χ2v) is 9.46. The van der Waals surface area contributed by atoms with Crippen LogP contribution in [-0.2, 0) is 9.59 Å². The molecule has 0 radical (unpaired) electrons. The van der Waals surface area contributed by atoms with Crippen molar-refractivity contribution in [3.8, 4) is 11.5 Å². The number of ether oxygens (including phenoxy) is 2. The van der Waals surface area contributed by atoms with Crippen LogP contribution >= 0.6 is 0 Å². The van der Waals surface area contributed by atoms with E-state index in [4.69, 9.17) is 9.47 Å². The molecule has 1 N–H and O–H groups in total. The number of Topliss-reactive ketones (excluding diaryl/α,β-unsaturated/α-hetero) is 1. The van der Waals surface area contributed by atoms with E-state index in [2.05, 4.69) is 0 Å². The van der Waals surface area contributed by atoms with Gasteiger partial charge in [-0.3, -0.25) is 14.5 Å². The number of carbonyl (C=O) groups is 2. The van der Waals surface area contributed by atoms with Crippen molar-refractivity contribution in [2.45, 2.75) is 33.7 Å². The maximum Gasteiger partial charge on any atom is 0.300 e. The molecule has 3 aromatic rings. The van der Waals surface area contributed by atoms with Gasteiger partial charge in [0.1, 0.15) is 17.3 Å². The minimum Gasteiger partial charge on any atom is -0.507 e. The number of nitrogens with zero attached hydrogens (tertiary/aromatic N) is 1. The van der Waals surface area contributed by atoms with Gasteiger partial charge in [-0.25, -0.2) is 0 Å². The van der Waals surface area contributed by atoms with Crippen LogP contribution < -0.4 is 14.4 Å². The Hall–Kier alpha value is -4.06. The highest BCUT2D eigenvalue weighted by atomic mass is 16.5. The summed E-state index contributed by atoms with van der Waals surface area (Å²) < 4.78 is 11.1. The minimum atomic E-state index is -0.808. The number of ketones is 1. The summed E-state index contributed by atoms with van der Waals surface area (Å²) >= 11 is 0. The van der Waals surface area contributed by atoms with E-state index >= 15 is 0 Å². The largest absolute Gasteiger partial charge is 0.507 e. The Morgan fingerprint density at radius 2 is 1.69 bits per heavy atom. The van der Waals surface area contributed by atoms with E-state index in [1.165, 1.54) is 4.90 Å². The molecule has 0 saturated carbocycles. The summed E-state index contributed by atoms with van der Waals surface area (Å²) in [5.74, 6) is -0.0928. The lowest BCUT2D eigenvalue weighted by atomic mass is 9.94. The smallest absolute Gasteiger partial charge is 0.300 e. The Balaban J connectivity index is 1.88. The van der Waals surface area contributed by atoms with Gasteiger partial charge in [-0.15, -0.1) is 0 Å². The van der Waals surface area contributed by atoms with Gasteiger partial charge in [-0.1, -0.05) is 55.8 Å². The topological polar surface area (TPSA) is 76.1 Å². The first-order valence-corrected chi connectivity index (χ1v) is 12.0. The fourth-order valence-electron chi connectivity index (χ4n) is 4.41. The van der Waals surface area contributed by atoms with E-state index in [-0.39, 0.29) is 11.3 Å². The predicted octanol–water partition coefficient (Wildman–Crippen LogP) is 5.97. The van der Waals surface area contributed by atoms with Crippen LogP contribution in [0.3, 0.4) is 0 Å². The van der Waals surface area contributed by atoms with Crippen molar-refractivity contribution in [3.05, 3.63) is 94.6 Å². The van der Waals surface area contributed by atoms with Crippen LogP contribution in [-0.4, -0.2) is 30.5 Å². The SMILES string of the molecule is COc1ccc(C2/C(=C(\O)c3cccc(OCC(C)C)c3)C(=O)C(=O)N2c2ccc(C)cc2C)cc1. The Bertz CT molecular complexity index is 1320. The zero-order chi connectivity index (χ0) is 26.0. The molecule has 0 spiro atoms. The zero-order valence-corrected chi connectivity index (χ0v) is 21.2. The van der Waals surface area contributed by atoms with Crippen LogP contribution in [0.1, 0.15) is 42.1 Å². The third-order valence-electron chi connectivity index (χ3n) is 6.18. The lowest BCUT2D eigenvalue weighted by Crippen LogP contribution is -2.30. The zero-order valence-electron chi connectivity index (χ0n) is 21.2. The number of carbonyl (C=O) groups excluding carboxylic acids is 2. The van der Waals surface area contributed by atoms with Gasteiger partial charge in [0.15, 0.2) is 0 Å². The van der Waals surface area contributed by atoms with Crippen molar-refractivity contribution in [3.63, 3.8) is 0 Å². The summed E-state index contributed by atoms with van der Waals surface area (Å²) in [6.45, 7) is 8.50. The highest BCUT2D eigenvalue weighted by Crippen LogP contribution is 2.43. The number of aryl methyl sites for hydroxylation is 2. The second kappa shape index (κ2) is 10.3. The van der Waals surface area contributed by atoms with Crippen LogP contribution in [0.4, 0.5) is 5.69 Å². The van der Waals surface area contributed by atoms with E-state index in [1.54, 1.807) is 55.6 Å². The molecule has 1 amide bonds. The molecular formula is C30H31NO5. The summed E-state index contributed by atoms with van der Waals surface area (Å²) in [4.78, 5) is 28.3. The van der Waals surface area contributed by atoms with Crippen molar-refractivity contribution in [2.75, 3.05) is 18.6 Å². The molecule has 4 rings (SSSR count). The molecule has 1 fully saturated rings. The van der Waals surface area contributed by atoms with Gasteiger partial charge in [-0.2, -0.15) is 0 Å². The number of anilines is 1. The second-order valence-electron chi connectivity index (χ2n) is 9.46. The van der Waals surface area contributed by atoms with Gasteiger partial charge in [0.05, 0.1) is 25.3 Å². The van der Waals surface area contributed by atoms with Gasteiger partial charge in [0.2, 0.25) is 0 Å². The molecular weight excluding hydrogens is 454 g/mol. The summed E-state index contributed by atoms with van der Waals surface area (Å²) in [7, 11) is 1.57. The molecule has 1 heterocycles. The normalized spacial score (nSPS) is 17.1. The first-order chi connectivity index (χ1) is 17.2. The highest BCUT2D eigenvalue weighted by molar-refractivity contribution is 6.51. The first-order valence-electron chi connectivity index (χ1n) is 12.0. The molecule has 6 heteroatoms. The molecule has 0 bridgehead atoms. The lowest BCUT2D eigenvalue weighted by Gasteiger charge is -2.27. The molecule has 186 valence electrons. The quantitative estimate of drug-likeness (QED) is 0.253. The molecule has 1 unspecified atom stereocenters. The van der Waals surface area contributed by atoms with Crippen LogP contribution in [0.2, 0.25) is 0 Å². The van der Waals surface area contributed by atoms with Crippen molar-refractivity contribution < 1.29 is 24.2 Å². The lowest BCUT2D eigenvalue weighted by molar-refractivity contribution is -0.132. The molecule has 1 saturated heterocycles. The third-order valence-corrected chi connectivity index (χ3v) is 6.18. The fraction of sp³-hybridized carbons (Fsp3) is 0.267. The van der Waals surface area contributed by atoms with E-state index in [1.807, 2.05) is 45.9 Å². The number of rotatable bonds is 7. The standard InChI is InChI=1S/C30H31NO5/c1-18(2)17-36-24-8-6-7-22(16-24)28(32)26-27(21-10-12-23(35-5)13-11-21)31(30(34)29(26)33)25-14-9-19(3)15-20(25)4/h6-16,18,27,32H,17H2,1-5H3/b28-26+.